The van der Waals surface area contributed by atoms with Crippen LogP contribution in [0.3, 0.4) is 0 Å². The summed E-state index contributed by atoms with van der Waals surface area (Å²) in [6.45, 7) is 0.704. The lowest BCUT2D eigenvalue weighted by Crippen LogP contribution is -2.12. The predicted molar refractivity (Wildman–Crippen MR) is 70.8 cm³/mol. The van der Waals surface area contributed by atoms with Crippen LogP contribution in [0.15, 0.2) is 30.5 Å². The SMILES string of the molecule is Cl.NCCC[C@H](N)c1c[nH]c2ccccc12. The molecule has 16 heavy (non-hydrogen) atoms. The van der Waals surface area contributed by atoms with Gasteiger partial charge >= 0.3 is 0 Å². The molecule has 1 heterocycles. The van der Waals surface area contributed by atoms with Crippen LogP contribution in [0.4, 0.5) is 0 Å². The van der Waals surface area contributed by atoms with E-state index in [1.807, 2.05) is 18.3 Å². The lowest BCUT2D eigenvalue weighted by Gasteiger charge is -2.09. The summed E-state index contributed by atoms with van der Waals surface area (Å²) in [6, 6.07) is 8.31. The molecule has 0 radical (unpaired) electrons. The molecule has 3 nitrogen and oxygen atoms in total. The molecule has 0 fully saturated rings. The highest BCUT2D eigenvalue weighted by molar-refractivity contribution is 5.85. The molecule has 0 saturated heterocycles. The van der Waals surface area contributed by atoms with Gasteiger partial charge in [-0.15, -0.1) is 12.4 Å². The number of hydrogen-bond donors (Lipinski definition) is 3. The number of H-pyrrole nitrogens is 1. The Morgan fingerprint density at radius 3 is 2.75 bits per heavy atom. The minimum absolute atomic E-state index is 0. The summed E-state index contributed by atoms with van der Waals surface area (Å²) in [5.74, 6) is 0. The molecule has 0 saturated carbocycles. The smallest absolute Gasteiger partial charge is 0.0457 e. The van der Waals surface area contributed by atoms with E-state index in [2.05, 4.69) is 17.1 Å². The summed E-state index contributed by atoms with van der Waals surface area (Å²) < 4.78 is 0. The molecule has 0 amide bonds. The zero-order chi connectivity index (χ0) is 10.7. The van der Waals surface area contributed by atoms with E-state index in [0.717, 1.165) is 18.4 Å². The maximum Gasteiger partial charge on any atom is 0.0457 e. The average molecular weight is 240 g/mol. The van der Waals surface area contributed by atoms with Crippen molar-refractivity contribution in [3.05, 3.63) is 36.0 Å². The Hall–Kier alpha value is -1.03. The quantitative estimate of drug-likeness (QED) is 0.767. The van der Waals surface area contributed by atoms with Crippen molar-refractivity contribution in [3.63, 3.8) is 0 Å². The average Bonchev–Trinajstić information content (AvgIpc) is 2.69. The van der Waals surface area contributed by atoms with E-state index in [1.54, 1.807) is 0 Å². The second kappa shape index (κ2) is 5.89. The molecule has 1 aromatic carbocycles. The first-order chi connectivity index (χ1) is 7.33. The van der Waals surface area contributed by atoms with Crippen LogP contribution >= 0.6 is 12.4 Å². The molecule has 0 aliphatic heterocycles. The maximum absolute atomic E-state index is 6.12. The molecule has 0 bridgehead atoms. The van der Waals surface area contributed by atoms with Crippen molar-refractivity contribution in [3.8, 4) is 0 Å². The minimum atomic E-state index is 0. The topological polar surface area (TPSA) is 67.8 Å². The molecular formula is C12H18ClN3. The first kappa shape index (κ1) is 13.0. The molecular weight excluding hydrogens is 222 g/mol. The Labute approximate surface area is 102 Å². The van der Waals surface area contributed by atoms with Crippen LogP contribution in [0.1, 0.15) is 24.4 Å². The molecule has 0 spiro atoms. The number of aromatic amines is 1. The molecule has 1 aromatic heterocycles. The van der Waals surface area contributed by atoms with Gasteiger partial charge in [0.05, 0.1) is 0 Å². The van der Waals surface area contributed by atoms with Crippen molar-refractivity contribution in [2.24, 2.45) is 11.5 Å². The number of para-hydroxylation sites is 1. The van der Waals surface area contributed by atoms with Gasteiger partial charge in [0.25, 0.3) is 0 Å². The number of halogens is 1. The summed E-state index contributed by atoms with van der Waals surface area (Å²) in [5.41, 5.74) is 13.9. The minimum Gasteiger partial charge on any atom is -0.361 e. The van der Waals surface area contributed by atoms with E-state index < -0.39 is 0 Å². The van der Waals surface area contributed by atoms with Crippen LogP contribution in [0, 0.1) is 0 Å². The Morgan fingerprint density at radius 2 is 2.00 bits per heavy atom. The zero-order valence-electron chi connectivity index (χ0n) is 9.15. The molecule has 1 atom stereocenters. The van der Waals surface area contributed by atoms with Gasteiger partial charge < -0.3 is 16.5 Å². The molecule has 2 rings (SSSR count). The molecule has 5 N–H and O–H groups in total. The number of aromatic nitrogens is 1. The third-order valence-electron chi connectivity index (χ3n) is 2.74. The number of hydrogen-bond acceptors (Lipinski definition) is 2. The van der Waals surface area contributed by atoms with Gasteiger partial charge in [0, 0.05) is 23.1 Å². The molecule has 0 aliphatic rings. The van der Waals surface area contributed by atoms with Crippen LogP contribution in [-0.2, 0) is 0 Å². The first-order valence-corrected chi connectivity index (χ1v) is 5.34. The second-order valence-electron chi connectivity index (χ2n) is 3.83. The Bertz CT molecular complexity index is 439. The molecule has 88 valence electrons. The van der Waals surface area contributed by atoms with Crippen molar-refractivity contribution in [1.82, 2.24) is 4.98 Å². The summed E-state index contributed by atoms with van der Waals surface area (Å²) in [7, 11) is 0. The van der Waals surface area contributed by atoms with E-state index in [4.69, 9.17) is 11.5 Å². The van der Waals surface area contributed by atoms with Gasteiger partial charge in [0.2, 0.25) is 0 Å². The fourth-order valence-electron chi connectivity index (χ4n) is 1.89. The van der Waals surface area contributed by atoms with Crippen LogP contribution in [-0.4, -0.2) is 11.5 Å². The van der Waals surface area contributed by atoms with Gasteiger partial charge in [-0.1, -0.05) is 18.2 Å². The predicted octanol–water partition coefficient (Wildman–Crippen LogP) is 2.33. The van der Waals surface area contributed by atoms with Gasteiger partial charge in [-0.2, -0.15) is 0 Å². The van der Waals surface area contributed by atoms with Crippen molar-refractivity contribution in [1.29, 1.82) is 0 Å². The van der Waals surface area contributed by atoms with E-state index >= 15 is 0 Å². The molecule has 2 aromatic rings. The number of nitrogens with one attached hydrogen (secondary N) is 1. The van der Waals surface area contributed by atoms with Gasteiger partial charge in [0.1, 0.15) is 0 Å². The highest BCUT2D eigenvalue weighted by Crippen LogP contribution is 2.24. The lowest BCUT2D eigenvalue weighted by atomic mass is 10.0. The van der Waals surface area contributed by atoms with Crippen molar-refractivity contribution >= 4 is 23.3 Å². The fourth-order valence-corrected chi connectivity index (χ4v) is 1.89. The van der Waals surface area contributed by atoms with Gasteiger partial charge in [-0.25, -0.2) is 0 Å². The van der Waals surface area contributed by atoms with Crippen molar-refractivity contribution in [2.45, 2.75) is 18.9 Å². The lowest BCUT2D eigenvalue weighted by molar-refractivity contribution is 0.621. The number of benzene rings is 1. The molecule has 0 unspecified atom stereocenters. The third-order valence-corrected chi connectivity index (χ3v) is 2.74. The van der Waals surface area contributed by atoms with E-state index in [1.165, 1.54) is 10.9 Å². The monoisotopic (exact) mass is 239 g/mol. The first-order valence-electron chi connectivity index (χ1n) is 5.34. The summed E-state index contributed by atoms with van der Waals surface area (Å²) in [6.07, 6.45) is 3.92. The van der Waals surface area contributed by atoms with Crippen molar-refractivity contribution in [2.75, 3.05) is 6.54 Å². The fraction of sp³-hybridized carbons (Fsp3) is 0.333. The van der Waals surface area contributed by atoms with Crippen molar-refractivity contribution < 1.29 is 0 Å². The second-order valence-corrected chi connectivity index (χ2v) is 3.83. The normalized spacial score (nSPS) is 12.4. The third kappa shape index (κ3) is 2.55. The summed E-state index contributed by atoms with van der Waals surface area (Å²) >= 11 is 0. The van der Waals surface area contributed by atoms with E-state index in [9.17, 15) is 0 Å². The molecule has 4 heteroatoms. The van der Waals surface area contributed by atoms with Gasteiger partial charge in [-0.05, 0) is 31.0 Å². The number of nitrogens with two attached hydrogens (primary N) is 2. The van der Waals surface area contributed by atoms with Crippen LogP contribution in [0.5, 0.6) is 0 Å². The zero-order valence-corrected chi connectivity index (χ0v) is 9.96. The highest BCUT2D eigenvalue weighted by atomic mass is 35.5. The Kier molecular flexibility index (Phi) is 4.80. The summed E-state index contributed by atoms with van der Waals surface area (Å²) in [5, 5.41) is 1.22. The number of fused-ring (bicyclic) bond motifs is 1. The largest absolute Gasteiger partial charge is 0.361 e. The standard InChI is InChI=1S/C12H17N3.ClH/c13-7-3-5-11(14)10-8-15-12-6-2-1-4-9(10)12;/h1-2,4,6,8,11,15H,3,5,7,13-14H2;1H/t11-;/m0./s1. The van der Waals surface area contributed by atoms with Gasteiger partial charge in [0.15, 0.2) is 0 Å². The van der Waals surface area contributed by atoms with E-state index in [0.29, 0.717) is 6.54 Å². The highest BCUT2D eigenvalue weighted by Gasteiger charge is 2.10. The van der Waals surface area contributed by atoms with Crippen LogP contribution in [0.25, 0.3) is 10.9 Å². The van der Waals surface area contributed by atoms with E-state index in [-0.39, 0.29) is 18.4 Å². The Morgan fingerprint density at radius 1 is 1.25 bits per heavy atom. The maximum atomic E-state index is 6.12. The molecule has 0 aliphatic carbocycles. The van der Waals surface area contributed by atoms with Crippen LogP contribution in [0.2, 0.25) is 0 Å². The van der Waals surface area contributed by atoms with Crippen LogP contribution < -0.4 is 11.5 Å². The Balaban J connectivity index is 0.00000128. The summed E-state index contributed by atoms with van der Waals surface area (Å²) in [4.78, 5) is 3.23. The number of rotatable bonds is 4. The van der Waals surface area contributed by atoms with Gasteiger partial charge in [-0.3, -0.25) is 0 Å².